The van der Waals surface area contributed by atoms with Gasteiger partial charge < -0.3 is 4.90 Å². The summed E-state index contributed by atoms with van der Waals surface area (Å²) in [6.07, 6.45) is 0.278. The van der Waals surface area contributed by atoms with E-state index in [0.717, 1.165) is 27.7 Å². The molecule has 25 heavy (non-hydrogen) atoms. The number of para-hydroxylation sites is 1. The molecule has 0 radical (unpaired) electrons. The zero-order valence-electron chi connectivity index (χ0n) is 14.7. The number of fused-ring (bicyclic) bond motifs is 1. The Morgan fingerprint density at radius 3 is 2.44 bits per heavy atom. The van der Waals surface area contributed by atoms with Crippen LogP contribution in [0.4, 0.5) is 10.1 Å². The van der Waals surface area contributed by atoms with Crippen LogP contribution in [0.15, 0.2) is 48.5 Å². The summed E-state index contributed by atoms with van der Waals surface area (Å²) in [5, 5.41) is 1.07. The number of pyridine rings is 1. The third kappa shape index (κ3) is 3.38. The van der Waals surface area contributed by atoms with Crippen molar-refractivity contribution >= 4 is 22.5 Å². The number of likely N-dealkylation sites (N-methyl/N-ethyl adjacent to an activating group) is 1. The number of hydrogen-bond donors (Lipinski definition) is 0. The Bertz CT molecular complexity index is 919. The van der Waals surface area contributed by atoms with Gasteiger partial charge in [0, 0.05) is 23.3 Å². The van der Waals surface area contributed by atoms with E-state index in [1.165, 1.54) is 12.1 Å². The fourth-order valence-electron chi connectivity index (χ4n) is 3.20. The average molecular weight is 336 g/mol. The molecule has 0 atom stereocenters. The van der Waals surface area contributed by atoms with Gasteiger partial charge in [0.15, 0.2) is 0 Å². The monoisotopic (exact) mass is 336 g/mol. The number of anilines is 1. The van der Waals surface area contributed by atoms with Gasteiger partial charge in [0.25, 0.3) is 0 Å². The molecule has 0 unspecified atom stereocenters. The molecular weight excluding hydrogens is 315 g/mol. The Balaban J connectivity index is 1.94. The molecule has 4 heteroatoms. The maximum atomic E-state index is 13.1. The largest absolute Gasteiger partial charge is 0.312 e. The number of halogens is 1. The SMILES string of the molecule is CCN(C(=O)Cc1c(C)nc2ccccc2c1C)c1ccc(F)cc1. The fraction of sp³-hybridized carbons (Fsp3) is 0.238. The molecule has 0 spiro atoms. The number of hydrogen-bond acceptors (Lipinski definition) is 2. The molecule has 1 amide bonds. The van der Waals surface area contributed by atoms with Crippen LogP contribution in [0.25, 0.3) is 10.9 Å². The van der Waals surface area contributed by atoms with Crippen molar-refractivity contribution in [2.45, 2.75) is 27.2 Å². The molecule has 0 saturated heterocycles. The summed E-state index contributed by atoms with van der Waals surface area (Å²) >= 11 is 0. The molecule has 2 aromatic carbocycles. The van der Waals surface area contributed by atoms with Crippen LogP contribution in [0.3, 0.4) is 0 Å². The van der Waals surface area contributed by atoms with E-state index in [9.17, 15) is 9.18 Å². The molecule has 3 aromatic rings. The van der Waals surface area contributed by atoms with Gasteiger partial charge in [-0.2, -0.15) is 0 Å². The molecule has 128 valence electrons. The Morgan fingerprint density at radius 1 is 1.08 bits per heavy atom. The van der Waals surface area contributed by atoms with E-state index >= 15 is 0 Å². The molecule has 1 aromatic heterocycles. The van der Waals surface area contributed by atoms with Crippen LogP contribution in [0, 0.1) is 19.7 Å². The van der Waals surface area contributed by atoms with Crippen LogP contribution in [-0.4, -0.2) is 17.4 Å². The van der Waals surface area contributed by atoms with Gasteiger partial charge >= 0.3 is 0 Å². The van der Waals surface area contributed by atoms with Crippen LogP contribution in [0.2, 0.25) is 0 Å². The lowest BCUT2D eigenvalue weighted by molar-refractivity contribution is -0.118. The maximum absolute atomic E-state index is 13.1. The molecule has 3 rings (SSSR count). The highest BCUT2D eigenvalue weighted by Crippen LogP contribution is 2.24. The Labute approximate surface area is 147 Å². The standard InChI is InChI=1S/C21H21FN2O/c1-4-24(17-11-9-16(22)10-12-17)21(25)13-19-14(2)18-7-5-6-8-20(18)23-15(19)3/h5-12H,4,13H2,1-3H3. The van der Waals surface area contributed by atoms with E-state index in [1.54, 1.807) is 17.0 Å². The summed E-state index contributed by atoms with van der Waals surface area (Å²) in [4.78, 5) is 19.2. The quantitative estimate of drug-likeness (QED) is 0.698. The van der Waals surface area contributed by atoms with Crippen LogP contribution in [0.1, 0.15) is 23.7 Å². The zero-order chi connectivity index (χ0) is 18.0. The summed E-state index contributed by atoms with van der Waals surface area (Å²) in [7, 11) is 0. The Morgan fingerprint density at radius 2 is 1.76 bits per heavy atom. The fourth-order valence-corrected chi connectivity index (χ4v) is 3.20. The summed E-state index contributed by atoms with van der Waals surface area (Å²) < 4.78 is 13.1. The molecule has 0 aliphatic rings. The number of benzene rings is 2. The molecule has 0 fully saturated rings. The molecule has 0 bridgehead atoms. The lowest BCUT2D eigenvalue weighted by Gasteiger charge is -2.22. The van der Waals surface area contributed by atoms with Crippen molar-refractivity contribution in [3.63, 3.8) is 0 Å². The molecule has 0 aliphatic carbocycles. The molecule has 3 nitrogen and oxygen atoms in total. The number of carbonyl (C=O) groups is 1. The van der Waals surface area contributed by atoms with Gasteiger partial charge in [-0.05, 0) is 62.2 Å². The van der Waals surface area contributed by atoms with Crippen molar-refractivity contribution in [2.75, 3.05) is 11.4 Å². The third-order valence-electron chi connectivity index (χ3n) is 4.57. The van der Waals surface area contributed by atoms with Crippen LogP contribution in [0.5, 0.6) is 0 Å². The van der Waals surface area contributed by atoms with E-state index in [1.807, 2.05) is 45.0 Å². The minimum atomic E-state index is -0.308. The van der Waals surface area contributed by atoms with E-state index in [0.29, 0.717) is 12.2 Å². The first-order valence-corrected chi connectivity index (χ1v) is 8.42. The topological polar surface area (TPSA) is 33.2 Å². The first-order chi connectivity index (χ1) is 12.0. The molecule has 0 saturated carbocycles. The lowest BCUT2D eigenvalue weighted by Crippen LogP contribution is -2.32. The van der Waals surface area contributed by atoms with Crippen molar-refractivity contribution in [3.05, 3.63) is 71.2 Å². The van der Waals surface area contributed by atoms with Crippen LogP contribution < -0.4 is 4.90 Å². The third-order valence-corrected chi connectivity index (χ3v) is 4.57. The second-order valence-corrected chi connectivity index (χ2v) is 6.11. The van der Waals surface area contributed by atoms with Crippen molar-refractivity contribution < 1.29 is 9.18 Å². The van der Waals surface area contributed by atoms with E-state index < -0.39 is 0 Å². The second kappa shape index (κ2) is 7.01. The number of aromatic nitrogens is 1. The smallest absolute Gasteiger partial charge is 0.231 e. The Hall–Kier alpha value is -2.75. The number of aryl methyl sites for hydroxylation is 2. The van der Waals surface area contributed by atoms with Crippen molar-refractivity contribution in [3.8, 4) is 0 Å². The molecular formula is C21H21FN2O. The van der Waals surface area contributed by atoms with Gasteiger partial charge in [-0.1, -0.05) is 18.2 Å². The maximum Gasteiger partial charge on any atom is 0.231 e. The minimum absolute atomic E-state index is 0.0163. The highest BCUT2D eigenvalue weighted by molar-refractivity contribution is 5.96. The van der Waals surface area contributed by atoms with Crippen molar-refractivity contribution in [1.82, 2.24) is 4.98 Å². The number of nitrogens with zero attached hydrogens (tertiary/aromatic N) is 2. The van der Waals surface area contributed by atoms with Gasteiger partial charge in [-0.3, -0.25) is 9.78 Å². The van der Waals surface area contributed by atoms with Crippen molar-refractivity contribution in [1.29, 1.82) is 0 Å². The summed E-state index contributed by atoms with van der Waals surface area (Å²) in [6, 6.07) is 14.0. The van der Waals surface area contributed by atoms with Crippen molar-refractivity contribution in [2.24, 2.45) is 0 Å². The molecule has 0 N–H and O–H groups in total. The number of carbonyl (C=O) groups excluding carboxylic acids is 1. The van der Waals surface area contributed by atoms with Gasteiger partial charge in [0.05, 0.1) is 11.9 Å². The molecule has 1 heterocycles. The first-order valence-electron chi connectivity index (χ1n) is 8.42. The number of rotatable bonds is 4. The van der Waals surface area contributed by atoms with Crippen LogP contribution >= 0.6 is 0 Å². The second-order valence-electron chi connectivity index (χ2n) is 6.11. The highest BCUT2D eigenvalue weighted by Gasteiger charge is 2.18. The van der Waals surface area contributed by atoms with Gasteiger partial charge in [-0.15, -0.1) is 0 Å². The van der Waals surface area contributed by atoms with E-state index in [4.69, 9.17) is 0 Å². The van der Waals surface area contributed by atoms with Gasteiger partial charge in [0.1, 0.15) is 5.82 Å². The van der Waals surface area contributed by atoms with E-state index in [2.05, 4.69) is 4.98 Å². The Kier molecular flexibility index (Phi) is 4.79. The summed E-state index contributed by atoms with van der Waals surface area (Å²) in [6.45, 7) is 6.42. The minimum Gasteiger partial charge on any atom is -0.312 e. The first kappa shape index (κ1) is 17.1. The van der Waals surface area contributed by atoms with Gasteiger partial charge in [-0.25, -0.2) is 4.39 Å². The normalized spacial score (nSPS) is 10.9. The van der Waals surface area contributed by atoms with Gasteiger partial charge in [0.2, 0.25) is 5.91 Å². The van der Waals surface area contributed by atoms with E-state index in [-0.39, 0.29) is 18.1 Å². The zero-order valence-corrected chi connectivity index (χ0v) is 14.7. The summed E-state index contributed by atoms with van der Waals surface area (Å²) in [5.74, 6) is -0.324. The predicted octanol–water partition coefficient (Wildman–Crippen LogP) is 4.59. The predicted molar refractivity (Wildman–Crippen MR) is 99.3 cm³/mol. The lowest BCUT2D eigenvalue weighted by atomic mass is 9.99. The highest BCUT2D eigenvalue weighted by atomic mass is 19.1. The number of amides is 1. The average Bonchev–Trinajstić information content (AvgIpc) is 2.61. The summed E-state index contributed by atoms with van der Waals surface area (Å²) in [5.41, 5.74) is 4.58. The molecule has 0 aliphatic heterocycles. The van der Waals surface area contributed by atoms with Crippen LogP contribution in [-0.2, 0) is 11.2 Å².